The van der Waals surface area contributed by atoms with Gasteiger partial charge in [-0.2, -0.15) is 0 Å². The lowest BCUT2D eigenvalue weighted by Gasteiger charge is -2.38. The van der Waals surface area contributed by atoms with E-state index in [0.717, 1.165) is 44.2 Å². The number of rotatable bonds is 5. The summed E-state index contributed by atoms with van der Waals surface area (Å²) in [5, 5.41) is 13.7. The average molecular weight is 367 g/mol. The van der Waals surface area contributed by atoms with Crippen LogP contribution in [0.25, 0.3) is 0 Å². The minimum Gasteiger partial charge on any atom is -0.386 e. The minimum absolute atomic E-state index is 0.338. The number of aromatic nitrogens is 1. The van der Waals surface area contributed by atoms with Crippen LogP contribution >= 0.6 is 0 Å². The Morgan fingerprint density at radius 1 is 1.19 bits per heavy atom. The van der Waals surface area contributed by atoms with Crippen LogP contribution in [0.2, 0.25) is 0 Å². The molecule has 27 heavy (non-hydrogen) atoms. The summed E-state index contributed by atoms with van der Waals surface area (Å²) in [6.07, 6.45) is 2.77. The second-order valence-corrected chi connectivity index (χ2v) is 6.80. The van der Waals surface area contributed by atoms with Crippen molar-refractivity contribution in [3.63, 3.8) is 0 Å². The maximum Gasteiger partial charge on any atom is 0.194 e. The first-order chi connectivity index (χ1) is 13.2. The number of piperazine rings is 1. The zero-order chi connectivity index (χ0) is 19.1. The zero-order valence-electron chi connectivity index (χ0n) is 16.2. The third-order valence-electron chi connectivity index (χ3n) is 4.79. The van der Waals surface area contributed by atoms with E-state index in [1.807, 2.05) is 12.1 Å². The van der Waals surface area contributed by atoms with Gasteiger partial charge >= 0.3 is 0 Å². The Hall–Kier alpha value is -2.60. The molecule has 6 heteroatoms. The van der Waals surface area contributed by atoms with Gasteiger partial charge in [-0.3, -0.25) is 9.98 Å². The van der Waals surface area contributed by atoms with Gasteiger partial charge in [-0.05, 0) is 49.2 Å². The first-order valence-corrected chi connectivity index (χ1v) is 9.60. The fourth-order valence-electron chi connectivity index (χ4n) is 3.29. The minimum atomic E-state index is -0.616. The molecule has 1 aliphatic rings. The number of anilines is 1. The number of benzene rings is 1. The molecule has 0 aliphatic carbocycles. The average Bonchev–Trinajstić information content (AvgIpc) is 2.72. The highest BCUT2D eigenvalue weighted by atomic mass is 16.3. The Labute approximate surface area is 161 Å². The molecule has 1 aromatic heterocycles. The van der Waals surface area contributed by atoms with Gasteiger partial charge in [-0.15, -0.1) is 0 Å². The molecule has 1 atom stereocenters. The van der Waals surface area contributed by atoms with Gasteiger partial charge in [0.2, 0.25) is 0 Å². The van der Waals surface area contributed by atoms with E-state index in [1.54, 1.807) is 12.4 Å². The highest BCUT2D eigenvalue weighted by Gasteiger charge is 2.20. The summed E-state index contributed by atoms with van der Waals surface area (Å²) in [6.45, 7) is 9.08. The van der Waals surface area contributed by atoms with Crippen LogP contribution in [0.1, 0.15) is 24.2 Å². The van der Waals surface area contributed by atoms with Crippen LogP contribution in [-0.4, -0.2) is 60.2 Å². The van der Waals surface area contributed by atoms with Crippen molar-refractivity contribution in [2.45, 2.75) is 20.0 Å². The van der Waals surface area contributed by atoms with E-state index < -0.39 is 6.10 Å². The monoisotopic (exact) mass is 367 g/mol. The van der Waals surface area contributed by atoms with Crippen LogP contribution in [0.15, 0.2) is 53.8 Å². The van der Waals surface area contributed by atoms with Gasteiger partial charge < -0.3 is 20.2 Å². The lowest BCUT2D eigenvalue weighted by molar-refractivity contribution is 0.186. The Morgan fingerprint density at radius 2 is 1.93 bits per heavy atom. The van der Waals surface area contributed by atoms with Crippen LogP contribution in [-0.2, 0) is 0 Å². The molecule has 3 rings (SSSR count). The molecule has 0 saturated carbocycles. The van der Waals surface area contributed by atoms with Crippen molar-refractivity contribution in [1.82, 2.24) is 15.2 Å². The molecule has 1 fully saturated rings. The summed E-state index contributed by atoms with van der Waals surface area (Å²) in [5.41, 5.74) is 3.41. The lowest BCUT2D eigenvalue weighted by atomic mass is 10.1. The Morgan fingerprint density at radius 3 is 2.59 bits per heavy atom. The number of aliphatic hydroxyl groups excluding tert-OH is 1. The highest BCUT2D eigenvalue weighted by molar-refractivity contribution is 5.80. The van der Waals surface area contributed by atoms with Crippen molar-refractivity contribution in [1.29, 1.82) is 0 Å². The Kier molecular flexibility index (Phi) is 6.65. The van der Waals surface area contributed by atoms with E-state index in [0.29, 0.717) is 6.54 Å². The zero-order valence-corrected chi connectivity index (χ0v) is 16.2. The summed E-state index contributed by atoms with van der Waals surface area (Å²) in [7, 11) is 0. The number of hydrogen-bond acceptors (Lipinski definition) is 4. The molecule has 144 valence electrons. The summed E-state index contributed by atoms with van der Waals surface area (Å²) >= 11 is 0. The van der Waals surface area contributed by atoms with Crippen molar-refractivity contribution < 1.29 is 5.11 Å². The van der Waals surface area contributed by atoms with Crippen molar-refractivity contribution in [2.24, 2.45) is 4.99 Å². The molecular weight excluding hydrogens is 338 g/mol. The molecule has 2 heterocycles. The second-order valence-electron chi connectivity index (χ2n) is 6.80. The van der Waals surface area contributed by atoms with E-state index in [2.05, 4.69) is 63.2 Å². The van der Waals surface area contributed by atoms with Gasteiger partial charge in [0.25, 0.3) is 0 Å². The third-order valence-corrected chi connectivity index (χ3v) is 4.79. The fourth-order valence-corrected chi connectivity index (χ4v) is 3.29. The first kappa shape index (κ1) is 19.2. The lowest BCUT2D eigenvalue weighted by Crippen LogP contribution is -2.52. The molecule has 1 aromatic carbocycles. The van der Waals surface area contributed by atoms with E-state index in [4.69, 9.17) is 0 Å². The molecule has 0 amide bonds. The highest BCUT2D eigenvalue weighted by Crippen LogP contribution is 2.18. The molecule has 1 unspecified atom stereocenters. The van der Waals surface area contributed by atoms with Crippen molar-refractivity contribution in [3.05, 3.63) is 59.9 Å². The number of aliphatic hydroxyl groups is 1. The number of nitrogens with one attached hydrogen (secondary N) is 1. The number of aryl methyl sites for hydroxylation is 1. The standard InChI is InChI=1S/C21H29N5O/c1-3-23-21(24-16-20(27)18-7-9-22-10-8-18)26-13-11-25(12-14-26)19-6-4-5-17(2)15-19/h4-10,15,20,27H,3,11-14,16H2,1-2H3,(H,23,24). The summed E-state index contributed by atoms with van der Waals surface area (Å²) in [5.74, 6) is 0.870. The Bertz CT molecular complexity index is 741. The molecule has 2 N–H and O–H groups in total. The topological polar surface area (TPSA) is 64.0 Å². The molecule has 1 aliphatic heterocycles. The molecule has 2 aromatic rings. The quantitative estimate of drug-likeness (QED) is 0.627. The predicted molar refractivity (Wildman–Crippen MR) is 110 cm³/mol. The van der Waals surface area contributed by atoms with Crippen LogP contribution < -0.4 is 10.2 Å². The predicted octanol–water partition coefficient (Wildman–Crippen LogP) is 2.21. The summed E-state index contributed by atoms with van der Waals surface area (Å²) in [6, 6.07) is 12.3. The van der Waals surface area contributed by atoms with Gasteiger partial charge in [0.05, 0.1) is 12.6 Å². The van der Waals surface area contributed by atoms with Crippen LogP contribution in [0.4, 0.5) is 5.69 Å². The van der Waals surface area contributed by atoms with Crippen molar-refractivity contribution in [3.8, 4) is 0 Å². The summed E-state index contributed by atoms with van der Waals surface area (Å²) < 4.78 is 0. The maximum absolute atomic E-state index is 10.4. The van der Waals surface area contributed by atoms with Crippen LogP contribution in [0.5, 0.6) is 0 Å². The third kappa shape index (κ3) is 5.20. The van der Waals surface area contributed by atoms with E-state index in [1.165, 1.54) is 11.3 Å². The molecule has 1 saturated heterocycles. The van der Waals surface area contributed by atoms with E-state index in [9.17, 15) is 5.11 Å². The van der Waals surface area contributed by atoms with Gasteiger partial charge in [0.1, 0.15) is 0 Å². The number of nitrogens with zero attached hydrogens (tertiary/aromatic N) is 4. The normalized spacial score (nSPS) is 16.3. The number of hydrogen-bond donors (Lipinski definition) is 2. The number of aliphatic imine (C=N–C) groups is 1. The SMILES string of the molecule is CCNC(=NCC(O)c1ccncc1)N1CCN(c2cccc(C)c2)CC1. The number of pyridine rings is 1. The van der Waals surface area contributed by atoms with Crippen molar-refractivity contribution in [2.75, 3.05) is 44.2 Å². The van der Waals surface area contributed by atoms with Gasteiger partial charge in [-0.25, -0.2) is 0 Å². The number of guanidine groups is 1. The smallest absolute Gasteiger partial charge is 0.194 e. The maximum atomic E-state index is 10.4. The largest absolute Gasteiger partial charge is 0.386 e. The van der Waals surface area contributed by atoms with Gasteiger partial charge in [-0.1, -0.05) is 12.1 Å². The van der Waals surface area contributed by atoms with Gasteiger partial charge in [0, 0.05) is 50.8 Å². The molecule has 6 nitrogen and oxygen atoms in total. The van der Waals surface area contributed by atoms with Gasteiger partial charge in [0.15, 0.2) is 5.96 Å². The Balaban J connectivity index is 1.60. The first-order valence-electron chi connectivity index (χ1n) is 9.60. The summed E-state index contributed by atoms with van der Waals surface area (Å²) in [4.78, 5) is 13.3. The second kappa shape index (κ2) is 9.37. The van der Waals surface area contributed by atoms with Crippen molar-refractivity contribution >= 4 is 11.6 Å². The fraction of sp³-hybridized carbons (Fsp3) is 0.429. The van der Waals surface area contributed by atoms with E-state index in [-0.39, 0.29) is 0 Å². The molecule has 0 radical (unpaired) electrons. The van der Waals surface area contributed by atoms with Crippen LogP contribution in [0, 0.1) is 6.92 Å². The molecular formula is C21H29N5O. The molecule has 0 spiro atoms. The molecule has 0 bridgehead atoms. The van der Waals surface area contributed by atoms with Crippen LogP contribution in [0.3, 0.4) is 0 Å². The van der Waals surface area contributed by atoms with E-state index >= 15 is 0 Å².